The number of anilines is 1. The summed E-state index contributed by atoms with van der Waals surface area (Å²) in [4.78, 5) is 25.0. The van der Waals surface area contributed by atoms with Gasteiger partial charge in [-0.15, -0.1) is 23.2 Å². The van der Waals surface area contributed by atoms with Gasteiger partial charge in [-0.05, 0) is 42.8 Å². The van der Waals surface area contributed by atoms with Gasteiger partial charge in [0, 0.05) is 5.69 Å². The topological polar surface area (TPSA) is 58.2 Å². The van der Waals surface area contributed by atoms with Crippen LogP contribution in [0.1, 0.15) is 28.8 Å². The molecule has 2 amide bonds. The standard InChI is InChI=1S/C19H13Cl5F4N2O2/c1-18(23,24)14(8-4-12(21)15(22)13(25)5-8)17(32)30-9-2-3-11(20)10(6-9)16(31)29-7-19(26,27)28/h2-6,14H,7H2,1H3,(H,29,31)(H,30,32). The minimum Gasteiger partial charge on any atom is -0.343 e. The van der Waals surface area contributed by atoms with Crippen LogP contribution in [0, 0.1) is 5.82 Å². The summed E-state index contributed by atoms with van der Waals surface area (Å²) in [5.41, 5.74) is -0.302. The van der Waals surface area contributed by atoms with Crippen molar-refractivity contribution >= 4 is 75.5 Å². The highest BCUT2D eigenvalue weighted by Gasteiger charge is 2.38. The maximum atomic E-state index is 14.0. The highest BCUT2D eigenvalue weighted by atomic mass is 35.5. The first-order chi connectivity index (χ1) is 14.6. The second-order valence-electron chi connectivity index (χ2n) is 6.67. The van der Waals surface area contributed by atoms with Gasteiger partial charge in [-0.1, -0.05) is 34.8 Å². The van der Waals surface area contributed by atoms with Crippen LogP contribution in [0.5, 0.6) is 0 Å². The van der Waals surface area contributed by atoms with E-state index in [1.807, 2.05) is 0 Å². The highest BCUT2D eigenvalue weighted by Crippen LogP contribution is 2.41. The summed E-state index contributed by atoms with van der Waals surface area (Å²) in [5.74, 6) is -4.18. The van der Waals surface area contributed by atoms with Gasteiger partial charge >= 0.3 is 6.18 Å². The van der Waals surface area contributed by atoms with Crippen molar-refractivity contribution in [1.82, 2.24) is 5.32 Å². The van der Waals surface area contributed by atoms with Crippen molar-refractivity contribution in [3.05, 3.63) is 62.3 Å². The van der Waals surface area contributed by atoms with Gasteiger partial charge in [0.05, 0.1) is 26.5 Å². The van der Waals surface area contributed by atoms with E-state index in [0.29, 0.717) is 0 Å². The van der Waals surface area contributed by atoms with Crippen LogP contribution in [0.4, 0.5) is 23.2 Å². The third kappa shape index (κ3) is 7.02. The van der Waals surface area contributed by atoms with E-state index in [-0.39, 0.29) is 31.9 Å². The van der Waals surface area contributed by atoms with E-state index in [1.165, 1.54) is 25.1 Å². The smallest absolute Gasteiger partial charge is 0.343 e. The SMILES string of the molecule is CC(Cl)(Cl)C(C(=O)Nc1ccc(Cl)c(C(=O)NCC(F)(F)F)c1)c1cc(F)c(Cl)c(Cl)c1. The van der Waals surface area contributed by atoms with E-state index >= 15 is 0 Å². The van der Waals surface area contributed by atoms with Crippen LogP contribution in [0.15, 0.2) is 30.3 Å². The summed E-state index contributed by atoms with van der Waals surface area (Å²) in [6.45, 7) is -0.279. The van der Waals surface area contributed by atoms with Crippen LogP contribution in [0.3, 0.4) is 0 Å². The number of alkyl halides is 5. The lowest BCUT2D eigenvalue weighted by Crippen LogP contribution is -2.34. The Hall–Kier alpha value is -1.45. The van der Waals surface area contributed by atoms with Gasteiger partial charge in [0.2, 0.25) is 5.91 Å². The molecule has 2 aromatic carbocycles. The van der Waals surface area contributed by atoms with Crippen LogP contribution >= 0.6 is 58.0 Å². The second-order valence-corrected chi connectivity index (χ2v) is 9.63. The fourth-order valence-electron chi connectivity index (χ4n) is 2.68. The third-order valence-electron chi connectivity index (χ3n) is 4.04. The maximum absolute atomic E-state index is 14.0. The Morgan fingerprint density at radius 1 is 1.03 bits per heavy atom. The summed E-state index contributed by atoms with van der Waals surface area (Å²) in [6.07, 6.45) is -4.62. The lowest BCUT2D eigenvalue weighted by Gasteiger charge is -2.26. The van der Waals surface area contributed by atoms with Gasteiger partial charge in [0.25, 0.3) is 5.91 Å². The molecule has 32 heavy (non-hydrogen) atoms. The van der Waals surface area contributed by atoms with Crippen molar-refractivity contribution in [2.75, 3.05) is 11.9 Å². The summed E-state index contributed by atoms with van der Waals surface area (Å²) >= 11 is 29.8. The van der Waals surface area contributed by atoms with Gasteiger partial charge < -0.3 is 10.6 Å². The molecule has 0 aliphatic heterocycles. The Labute approximate surface area is 205 Å². The van der Waals surface area contributed by atoms with Crippen molar-refractivity contribution < 1.29 is 27.2 Å². The first kappa shape index (κ1) is 26.8. The number of carbonyl (C=O) groups excluding carboxylic acids is 2. The molecular formula is C19H13Cl5F4N2O2. The molecule has 4 nitrogen and oxygen atoms in total. The van der Waals surface area contributed by atoms with Gasteiger partial charge in [0.15, 0.2) is 0 Å². The molecule has 13 heteroatoms. The zero-order valence-electron chi connectivity index (χ0n) is 15.9. The van der Waals surface area contributed by atoms with Crippen LogP contribution in [0.2, 0.25) is 15.1 Å². The molecule has 0 aliphatic rings. The molecular weight excluding hydrogens is 541 g/mol. The molecule has 0 fully saturated rings. The fraction of sp³-hybridized carbons (Fsp3) is 0.263. The number of benzene rings is 2. The van der Waals surface area contributed by atoms with Crippen LogP contribution in [-0.2, 0) is 4.79 Å². The molecule has 0 saturated carbocycles. The molecule has 0 spiro atoms. The number of amides is 2. The number of rotatable bonds is 6. The van der Waals surface area contributed by atoms with Crippen molar-refractivity contribution in [2.24, 2.45) is 0 Å². The molecule has 0 radical (unpaired) electrons. The van der Waals surface area contributed by atoms with Crippen LogP contribution in [0.25, 0.3) is 0 Å². The van der Waals surface area contributed by atoms with Crippen molar-refractivity contribution in [2.45, 2.75) is 23.4 Å². The number of carbonyl (C=O) groups is 2. The zero-order chi connectivity index (χ0) is 24.4. The zero-order valence-corrected chi connectivity index (χ0v) is 19.7. The predicted octanol–water partition coefficient (Wildman–Crippen LogP) is 6.99. The van der Waals surface area contributed by atoms with Gasteiger partial charge in [-0.2, -0.15) is 13.2 Å². The molecule has 0 saturated heterocycles. The highest BCUT2D eigenvalue weighted by molar-refractivity contribution is 6.50. The van der Waals surface area contributed by atoms with Gasteiger partial charge in [-0.3, -0.25) is 9.59 Å². The second kappa shape index (κ2) is 10.2. The monoisotopic (exact) mass is 552 g/mol. The van der Waals surface area contributed by atoms with Gasteiger partial charge in [-0.25, -0.2) is 4.39 Å². The molecule has 2 rings (SSSR count). The largest absolute Gasteiger partial charge is 0.405 e. The molecule has 0 bridgehead atoms. The van der Waals surface area contributed by atoms with Crippen LogP contribution < -0.4 is 10.6 Å². The number of hydrogen-bond donors (Lipinski definition) is 2. The fourth-order valence-corrected chi connectivity index (χ4v) is 3.66. The van der Waals surface area contributed by atoms with E-state index in [4.69, 9.17) is 58.0 Å². The summed E-state index contributed by atoms with van der Waals surface area (Å²) < 4.78 is 49.4. The van der Waals surface area contributed by atoms with E-state index in [2.05, 4.69) is 5.32 Å². The van der Waals surface area contributed by atoms with Crippen LogP contribution in [-0.4, -0.2) is 28.9 Å². The Kier molecular flexibility index (Phi) is 8.56. The van der Waals surface area contributed by atoms with Crippen molar-refractivity contribution in [1.29, 1.82) is 0 Å². The average Bonchev–Trinajstić information content (AvgIpc) is 2.64. The van der Waals surface area contributed by atoms with Gasteiger partial charge in [0.1, 0.15) is 16.7 Å². The first-order valence-electron chi connectivity index (χ1n) is 8.57. The van der Waals surface area contributed by atoms with E-state index in [1.54, 1.807) is 5.32 Å². The number of hydrogen-bond acceptors (Lipinski definition) is 2. The Morgan fingerprint density at radius 3 is 2.19 bits per heavy atom. The summed E-state index contributed by atoms with van der Waals surface area (Å²) in [7, 11) is 0. The molecule has 1 unspecified atom stereocenters. The number of halogens is 9. The Bertz CT molecular complexity index is 1020. The van der Waals surface area contributed by atoms with E-state index in [9.17, 15) is 27.2 Å². The van der Waals surface area contributed by atoms with E-state index < -0.39 is 40.6 Å². The lowest BCUT2D eigenvalue weighted by molar-refractivity contribution is -0.123. The molecule has 2 aromatic rings. The Morgan fingerprint density at radius 2 is 1.66 bits per heavy atom. The molecule has 174 valence electrons. The predicted molar refractivity (Wildman–Crippen MR) is 118 cm³/mol. The molecule has 0 aliphatic carbocycles. The molecule has 2 N–H and O–H groups in total. The summed E-state index contributed by atoms with van der Waals surface area (Å²) in [5, 5.41) is 3.43. The van der Waals surface area contributed by atoms with Crippen molar-refractivity contribution in [3.8, 4) is 0 Å². The minimum absolute atomic E-state index is 0.000301. The quantitative estimate of drug-likeness (QED) is 0.230. The number of nitrogens with one attached hydrogen (secondary N) is 2. The Balaban J connectivity index is 2.34. The average molecular weight is 555 g/mol. The normalized spacial score (nSPS) is 12.9. The summed E-state index contributed by atoms with van der Waals surface area (Å²) in [6, 6.07) is 5.73. The first-order valence-corrected chi connectivity index (χ1v) is 10.5. The van der Waals surface area contributed by atoms with Crippen molar-refractivity contribution in [3.63, 3.8) is 0 Å². The molecule has 0 aromatic heterocycles. The molecule has 1 atom stereocenters. The lowest BCUT2D eigenvalue weighted by atomic mass is 9.94. The maximum Gasteiger partial charge on any atom is 0.405 e. The van der Waals surface area contributed by atoms with E-state index in [0.717, 1.165) is 12.1 Å². The minimum atomic E-state index is -4.62. The third-order valence-corrected chi connectivity index (χ3v) is 5.58. The molecule has 0 heterocycles.